The minimum Gasteiger partial charge on any atom is -0.408 e. The van der Waals surface area contributed by atoms with Gasteiger partial charge in [0.1, 0.15) is 12.4 Å². The number of aromatic nitrogens is 3. The van der Waals surface area contributed by atoms with Crippen LogP contribution in [0, 0.1) is 13.8 Å². The summed E-state index contributed by atoms with van der Waals surface area (Å²) in [5.74, 6) is -0.294. The standard InChI is InChI=1S/C22H25N5O4/c1-13-6-7-18-17(9-13)27(22(30)31-18)12-19(28)26-8-4-5-15(11-26)20-24-10-16(14(2)25-20)21(29)23-3/h6-7,9-10,15H,4-5,8,11-12H2,1-3H3,(H,23,29)/t15-/m1/s1. The van der Waals surface area contributed by atoms with Crippen LogP contribution in [0.2, 0.25) is 0 Å². The van der Waals surface area contributed by atoms with Crippen molar-refractivity contribution in [2.24, 2.45) is 0 Å². The number of aryl methyl sites for hydroxylation is 2. The van der Waals surface area contributed by atoms with Crippen LogP contribution in [0.5, 0.6) is 0 Å². The van der Waals surface area contributed by atoms with Crippen molar-refractivity contribution in [1.29, 1.82) is 0 Å². The molecule has 2 amide bonds. The van der Waals surface area contributed by atoms with Crippen LogP contribution in [0.4, 0.5) is 0 Å². The number of nitrogens with zero attached hydrogens (tertiary/aromatic N) is 4. The van der Waals surface area contributed by atoms with Crippen molar-refractivity contribution in [3.05, 3.63) is 57.6 Å². The molecule has 0 radical (unpaired) electrons. The maximum Gasteiger partial charge on any atom is 0.420 e. The van der Waals surface area contributed by atoms with E-state index in [0.29, 0.717) is 41.3 Å². The summed E-state index contributed by atoms with van der Waals surface area (Å²) in [6.45, 7) is 4.72. The lowest BCUT2D eigenvalue weighted by atomic mass is 9.96. The van der Waals surface area contributed by atoms with Crippen molar-refractivity contribution in [1.82, 2.24) is 24.8 Å². The van der Waals surface area contributed by atoms with Gasteiger partial charge in [-0.2, -0.15) is 0 Å². The quantitative estimate of drug-likeness (QED) is 0.685. The lowest BCUT2D eigenvalue weighted by molar-refractivity contribution is -0.133. The predicted molar refractivity (Wildman–Crippen MR) is 114 cm³/mol. The zero-order valence-electron chi connectivity index (χ0n) is 17.8. The molecule has 1 aromatic carbocycles. The normalized spacial score (nSPS) is 16.5. The number of amides is 2. The second-order valence-corrected chi connectivity index (χ2v) is 7.91. The Balaban J connectivity index is 1.51. The summed E-state index contributed by atoms with van der Waals surface area (Å²) in [5, 5.41) is 2.58. The Kier molecular flexibility index (Phi) is 5.58. The molecule has 0 spiro atoms. The molecule has 1 N–H and O–H groups in total. The zero-order valence-corrected chi connectivity index (χ0v) is 17.8. The van der Waals surface area contributed by atoms with Crippen LogP contribution in [-0.2, 0) is 11.3 Å². The van der Waals surface area contributed by atoms with E-state index in [1.54, 1.807) is 24.9 Å². The summed E-state index contributed by atoms with van der Waals surface area (Å²) in [6.07, 6.45) is 3.21. The first kappa shape index (κ1) is 20.8. The van der Waals surface area contributed by atoms with E-state index in [2.05, 4.69) is 15.3 Å². The number of fused-ring (bicyclic) bond motifs is 1. The largest absolute Gasteiger partial charge is 0.420 e. The molecule has 0 bridgehead atoms. The number of hydrogen-bond donors (Lipinski definition) is 1. The number of carbonyl (C=O) groups excluding carboxylic acids is 2. The summed E-state index contributed by atoms with van der Waals surface area (Å²) in [5.41, 5.74) is 3.13. The van der Waals surface area contributed by atoms with Crippen LogP contribution in [-0.4, -0.2) is 51.4 Å². The molecule has 1 aliphatic heterocycles. The van der Waals surface area contributed by atoms with Gasteiger partial charge in [0, 0.05) is 32.3 Å². The second kappa shape index (κ2) is 8.33. The number of oxazole rings is 1. The Morgan fingerprint density at radius 1 is 1.29 bits per heavy atom. The van der Waals surface area contributed by atoms with Crippen LogP contribution in [0.1, 0.15) is 46.2 Å². The number of likely N-dealkylation sites (tertiary alicyclic amines) is 1. The fraction of sp³-hybridized carbons (Fsp3) is 0.409. The number of carbonyl (C=O) groups is 2. The van der Waals surface area contributed by atoms with Crippen molar-refractivity contribution in [3.8, 4) is 0 Å². The molecule has 3 heterocycles. The Bertz CT molecular complexity index is 1210. The van der Waals surface area contributed by atoms with E-state index in [9.17, 15) is 14.4 Å². The van der Waals surface area contributed by atoms with Gasteiger partial charge in [-0.15, -0.1) is 0 Å². The van der Waals surface area contributed by atoms with Gasteiger partial charge in [0.2, 0.25) is 5.91 Å². The van der Waals surface area contributed by atoms with E-state index in [0.717, 1.165) is 18.4 Å². The fourth-order valence-corrected chi connectivity index (χ4v) is 4.01. The molecule has 1 aliphatic rings. The van der Waals surface area contributed by atoms with Gasteiger partial charge in [0.05, 0.1) is 16.8 Å². The van der Waals surface area contributed by atoms with Crippen molar-refractivity contribution < 1.29 is 14.0 Å². The van der Waals surface area contributed by atoms with Gasteiger partial charge in [-0.05, 0) is 44.4 Å². The van der Waals surface area contributed by atoms with Gasteiger partial charge in [-0.1, -0.05) is 6.07 Å². The summed E-state index contributed by atoms with van der Waals surface area (Å²) in [6, 6.07) is 5.45. The van der Waals surface area contributed by atoms with Crippen LogP contribution < -0.4 is 11.1 Å². The van der Waals surface area contributed by atoms with E-state index in [4.69, 9.17) is 4.42 Å². The smallest absolute Gasteiger partial charge is 0.408 e. The lowest BCUT2D eigenvalue weighted by Crippen LogP contribution is -2.42. The summed E-state index contributed by atoms with van der Waals surface area (Å²) in [7, 11) is 1.57. The molecule has 31 heavy (non-hydrogen) atoms. The molecular weight excluding hydrogens is 398 g/mol. The Morgan fingerprint density at radius 2 is 2.10 bits per heavy atom. The minimum absolute atomic E-state index is 0.0183. The van der Waals surface area contributed by atoms with Gasteiger partial charge in [-0.25, -0.2) is 14.8 Å². The minimum atomic E-state index is -0.536. The zero-order chi connectivity index (χ0) is 22.1. The molecular formula is C22H25N5O4. The highest BCUT2D eigenvalue weighted by Crippen LogP contribution is 2.25. The third-order valence-corrected chi connectivity index (χ3v) is 5.73. The van der Waals surface area contributed by atoms with E-state index in [-0.39, 0.29) is 24.3 Å². The SMILES string of the molecule is CNC(=O)c1cnc([C@@H]2CCCN(C(=O)Cn3c(=O)oc4ccc(C)cc43)C2)nc1C. The number of piperidine rings is 1. The topological polar surface area (TPSA) is 110 Å². The average molecular weight is 423 g/mol. The second-order valence-electron chi connectivity index (χ2n) is 7.91. The van der Waals surface area contributed by atoms with Gasteiger partial charge in [-0.3, -0.25) is 14.2 Å². The Morgan fingerprint density at radius 3 is 2.84 bits per heavy atom. The highest BCUT2D eigenvalue weighted by atomic mass is 16.4. The third kappa shape index (κ3) is 4.08. The van der Waals surface area contributed by atoms with Gasteiger partial charge >= 0.3 is 5.76 Å². The fourth-order valence-electron chi connectivity index (χ4n) is 4.01. The van der Waals surface area contributed by atoms with Crippen LogP contribution in [0.3, 0.4) is 0 Å². The highest BCUT2D eigenvalue weighted by Gasteiger charge is 2.28. The first-order valence-electron chi connectivity index (χ1n) is 10.3. The Labute approximate surface area is 179 Å². The van der Waals surface area contributed by atoms with Crippen LogP contribution >= 0.6 is 0 Å². The molecule has 1 fully saturated rings. The van der Waals surface area contributed by atoms with Crippen molar-refractivity contribution in [2.45, 2.75) is 39.2 Å². The van der Waals surface area contributed by atoms with Gasteiger partial charge in [0.25, 0.3) is 5.91 Å². The van der Waals surface area contributed by atoms with Crippen molar-refractivity contribution in [2.75, 3.05) is 20.1 Å². The maximum atomic E-state index is 13.0. The van der Waals surface area contributed by atoms with E-state index in [1.165, 1.54) is 10.8 Å². The molecule has 3 aromatic rings. The average Bonchev–Trinajstić information content (AvgIpc) is 3.07. The number of nitrogens with one attached hydrogen (secondary N) is 1. The van der Waals surface area contributed by atoms with E-state index in [1.807, 2.05) is 19.1 Å². The summed E-state index contributed by atoms with van der Waals surface area (Å²) in [4.78, 5) is 47.8. The third-order valence-electron chi connectivity index (χ3n) is 5.73. The molecule has 9 nitrogen and oxygen atoms in total. The van der Waals surface area contributed by atoms with E-state index >= 15 is 0 Å². The molecule has 0 unspecified atom stereocenters. The first-order chi connectivity index (χ1) is 14.9. The van der Waals surface area contributed by atoms with Crippen LogP contribution in [0.15, 0.2) is 33.6 Å². The summed E-state index contributed by atoms with van der Waals surface area (Å²) < 4.78 is 6.65. The predicted octanol–water partition coefficient (Wildman–Crippen LogP) is 1.77. The monoisotopic (exact) mass is 423 g/mol. The lowest BCUT2D eigenvalue weighted by Gasteiger charge is -2.32. The number of benzene rings is 1. The molecule has 2 aromatic heterocycles. The molecule has 1 atom stereocenters. The van der Waals surface area contributed by atoms with Crippen molar-refractivity contribution in [3.63, 3.8) is 0 Å². The first-order valence-corrected chi connectivity index (χ1v) is 10.3. The molecule has 9 heteroatoms. The van der Waals surface area contributed by atoms with Crippen LogP contribution in [0.25, 0.3) is 11.1 Å². The molecule has 1 saturated heterocycles. The highest BCUT2D eigenvalue weighted by molar-refractivity contribution is 5.94. The molecule has 0 saturated carbocycles. The van der Waals surface area contributed by atoms with Gasteiger partial charge < -0.3 is 14.6 Å². The molecule has 0 aliphatic carbocycles. The number of rotatable bonds is 4. The number of hydrogen-bond acceptors (Lipinski definition) is 6. The summed E-state index contributed by atoms with van der Waals surface area (Å²) >= 11 is 0. The Hall–Kier alpha value is -3.49. The van der Waals surface area contributed by atoms with E-state index < -0.39 is 5.76 Å². The molecule has 4 rings (SSSR count). The van der Waals surface area contributed by atoms with Gasteiger partial charge in [0.15, 0.2) is 5.58 Å². The van der Waals surface area contributed by atoms with Crippen molar-refractivity contribution >= 4 is 22.9 Å². The molecule has 162 valence electrons. The maximum absolute atomic E-state index is 13.0.